The van der Waals surface area contributed by atoms with Crippen LogP contribution in [0.5, 0.6) is 5.75 Å². The molecule has 14 heteroatoms. The molecular weight excluding hydrogens is 576 g/mol. The molecule has 3 aromatic carbocycles. The normalized spacial score (nSPS) is 15.7. The van der Waals surface area contributed by atoms with Crippen LogP contribution < -0.4 is 10.5 Å². The van der Waals surface area contributed by atoms with Crippen LogP contribution in [0.4, 0.5) is 24.5 Å². The molecule has 0 radical (unpaired) electrons. The van der Waals surface area contributed by atoms with Crippen molar-refractivity contribution in [1.82, 2.24) is 5.01 Å². The van der Waals surface area contributed by atoms with Crippen LogP contribution in [0.2, 0.25) is 10.0 Å². The predicted octanol–water partition coefficient (Wildman–Crippen LogP) is 6.55. The molecule has 1 aliphatic heterocycles. The van der Waals surface area contributed by atoms with E-state index in [4.69, 9.17) is 28.9 Å². The highest BCUT2D eigenvalue weighted by Gasteiger charge is 2.31. The molecule has 0 unspecified atom stereocenters. The number of amidine groups is 2. The fourth-order valence-corrected chi connectivity index (χ4v) is 4.35. The molecule has 1 amide bonds. The molecule has 0 spiro atoms. The summed E-state index contributed by atoms with van der Waals surface area (Å²) in [5, 5.41) is 6.50. The first-order valence-electron chi connectivity index (χ1n) is 10.9. The first kappa shape index (κ1) is 28.1. The fraction of sp³-hybridized carbons (Fsp3) is 0.0800. The number of alkyl halides is 3. The van der Waals surface area contributed by atoms with Crippen LogP contribution in [0, 0.1) is 0 Å². The number of benzene rings is 3. The summed E-state index contributed by atoms with van der Waals surface area (Å²) in [6.07, 6.45) is -2.08. The van der Waals surface area contributed by atoms with Gasteiger partial charge in [-0.2, -0.15) is 10.1 Å². The fourth-order valence-electron chi connectivity index (χ4n) is 3.07. The lowest BCUT2D eigenvalue weighted by Gasteiger charge is -2.10. The largest absolute Gasteiger partial charge is 0.573 e. The molecule has 0 aliphatic carbocycles. The minimum absolute atomic E-state index is 0.163. The van der Waals surface area contributed by atoms with Crippen LogP contribution in [0.3, 0.4) is 0 Å². The number of thioether (sulfide) groups is 1. The summed E-state index contributed by atoms with van der Waals surface area (Å²) in [6, 6.07) is 16.8. The summed E-state index contributed by atoms with van der Waals surface area (Å²) in [4.78, 5) is 24.8. The summed E-state index contributed by atoms with van der Waals surface area (Å²) in [5.74, 6) is -0.254. The topological polar surface area (TPSA) is 105 Å². The Bertz CT molecular complexity index is 1460. The van der Waals surface area contributed by atoms with Gasteiger partial charge in [-0.3, -0.25) is 4.79 Å². The number of hydrogen-bond donors (Lipinski definition) is 1. The maximum atomic E-state index is 12.3. The third-order valence-electron chi connectivity index (χ3n) is 4.89. The highest BCUT2D eigenvalue weighted by Crippen LogP contribution is 2.35. The molecule has 0 bridgehead atoms. The van der Waals surface area contributed by atoms with Crippen LogP contribution in [-0.4, -0.2) is 46.6 Å². The standard InChI is InChI=1S/C25H17Cl2F3N6O2S/c26-19-2-1-3-20(27)22(19)35-24-36(21(37)13-39-24)34-12-15-4-6-16(7-5-15)23(31)33-14-32-17-8-10-18(11-9-17)38-25(28,29)30/h1-12,14H,13H2,(H2,31,32,33)/b34-12-,35-24?. The van der Waals surface area contributed by atoms with Gasteiger partial charge in [-0.1, -0.05) is 65.3 Å². The molecule has 0 atom stereocenters. The number of para-hydroxylation sites is 1. The second kappa shape index (κ2) is 12.3. The third-order valence-corrected chi connectivity index (χ3v) is 6.41. The number of carbonyl (C=O) groups is 1. The molecule has 1 aliphatic rings. The average Bonchev–Trinajstić information content (AvgIpc) is 3.24. The molecule has 1 fully saturated rings. The lowest BCUT2D eigenvalue weighted by Crippen LogP contribution is -2.23. The number of ether oxygens (including phenoxy) is 1. The first-order valence-corrected chi connectivity index (χ1v) is 12.7. The van der Waals surface area contributed by atoms with Crippen LogP contribution in [0.25, 0.3) is 0 Å². The number of hydrogen-bond acceptors (Lipinski definition) is 6. The number of rotatable bonds is 7. The van der Waals surface area contributed by atoms with Gasteiger partial charge in [0.2, 0.25) is 0 Å². The van der Waals surface area contributed by atoms with Crippen molar-refractivity contribution in [2.45, 2.75) is 6.36 Å². The molecule has 2 N–H and O–H groups in total. The molecular formula is C25H17Cl2F3N6O2S. The zero-order valence-corrected chi connectivity index (χ0v) is 22.0. The van der Waals surface area contributed by atoms with Crippen molar-refractivity contribution >= 4 is 75.8 Å². The van der Waals surface area contributed by atoms with E-state index >= 15 is 0 Å². The van der Waals surface area contributed by atoms with Gasteiger partial charge in [-0.15, -0.1) is 13.2 Å². The Kier molecular flexibility index (Phi) is 8.90. The van der Waals surface area contributed by atoms with Crippen molar-refractivity contribution < 1.29 is 22.7 Å². The molecule has 1 heterocycles. The van der Waals surface area contributed by atoms with E-state index in [1.165, 1.54) is 41.5 Å². The summed E-state index contributed by atoms with van der Waals surface area (Å²) in [7, 11) is 0. The lowest BCUT2D eigenvalue weighted by molar-refractivity contribution is -0.274. The minimum atomic E-state index is -4.77. The monoisotopic (exact) mass is 592 g/mol. The number of carbonyl (C=O) groups excluding carboxylic acids is 1. The molecule has 200 valence electrons. The molecule has 8 nitrogen and oxygen atoms in total. The molecule has 1 saturated heterocycles. The maximum Gasteiger partial charge on any atom is 0.573 e. The number of aliphatic imine (C=N–C) groups is 3. The van der Waals surface area contributed by atoms with Crippen molar-refractivity contribution in [2.75, 3.05) is 5.75 Å². The van der Waals surface area contributed by atoms with E-state index in [9.17, 15) is 18.0 Å². The van der Waals surface area contributed by atoms with Gasteiger partial charge in [0.05, 0.1) is 27.7 Å². The van der Waals surface area contributed by atoms with Crippen LogP contribution in [0.15, 0.2) is 86.8 Å². The number of nitrogens with zero attached hydrogens (tertiary/aromatic N) is 5. The zero-order valence-electron chi connectivity index (χ0n) is 19.6. The zero-order chi connectivity index (χ0) is 28.0. The first-order chi connectivity index (χ1) is 18.6. The quantitative estimate of drug-likeness (QED) is 0.248. The van der Waals surface area contributed by atoms with Crippen molar-refractivity contribution in [1.29, 1.82) is 0 Å². The number of amides is 1. The second-order valence-electron chi connectivity index (χ2n) is 7.63. The lowest BCUT2D eigenvalue weighted by atomic mass is 10.1. The Morgan fingerprint density at radius 2 is 1.69 bits per heavy atom. The molecule has 3 aromatic rings. The second-order valence-corrected chi connectivity index (χ2v) is 9.38. The third kappa shape index (κ3) is 7.82. The van der Waals surface area contributed by atoms with Gasteiger partial charge in [0.15, 0.2) is 5.17 Å². The van der Waals surface area contributed by atoms with Crippen LogP contribution >= 0.6 is 35.0 Å². The smallest absolute Gasteiger partial charge is 0.406 e. The van der Waals surface area contributed by atoms with Crippen molar-refractivity contribution in [2.24, 2.45) is 25.8 Å². The average molecular weight is 593 g/mol. The number of nitrogens with two attached hydrogens (primary N) is 1. The Morgan fingerprint density at radius 3 is 2.33 bits per heavy atom. The molecule has 39 heavy (non-hydrogen) atoms. The van der Waals surface area contributed by atoms with Crippen LogP contribution in [-0.2, 0) is 4.79 Å². The van der Waals surface area contributed by atoms with E-state index in [0.717, 1.165) is 12.1 Å². The number of halogens is 5. The number of hydrazone groups is 1. The van der Waals surface area contributed by atoms with Crippen molar-refractivity contribution in [3.05, 3.63) is 87.9 Å². The van der Waals surface area contributed by atoms with E-state index in [1.54, 1.807) is 42.5 Å². The van der Waals surface area contributed by atoms with Crippen molar-refractivity contribution in [3.8, 4) is 5.75 Å². The van der Waals surface area contributed by atoms with Gasteiger partial charge in [0, 0.05) is 5.56 Å². The Labute approximate surface area is 234 Å². The van der Waals surface area contributed by atoms with E-state index in [-0.39, 0.29) is 23.2 Å². The molecule has 0 aromatic heterocycles. The Balaban J connectivity index is 1.41. The maximum absolute atomic E-state index is 12.3. The SMILES string of the molecule is NC(=NC=Nc1ccc(OC(F)(F)F)cc1)c1ccc(/C=N\N2C(=O)CSC2=Nc2c(Cl)cccc2Cl)cc1. The van der Waals surface area contributed by atoms with Gasteiger partial charge in [-0.25, -0.2) is 15.0 Å². The summed E-state index contributed by atoms with van der Waals surface area (Å²) < 4.78 is 40.5. The van der Waals surface area contributed by atoms with E-state index < -0.39 is 6.36 Å². The summed E-state index contributed by atoms with van der Waals surface area (Å²) in [6.45, 7) is 0. The molecule has 4 rings (SSSR count). The predicted molar refractivity (Wildman–Crippen MR) is 149 cm³/mol. The van der Waals surface area contributed by atoms with E-state index in [0.29, 0.717) is 37.7 Å². The Hall–Kier alpha value is -3.87. The van der Waals surface area contributed by atoms with Gasteiger partial charge in [-0.05, 0) is 42.0 Å². The Morgan fingerprint density at radius 1 is 1.03 bits per heavy atom. The molecule has 0 saturated carbocycles. The van der Waals surface area contributed by atoms with E-state index in [1.807, 2.05) is 0 Å². The minimum Gasteiger partial charge on any atom is -0.406 e. The highest BCUT2D eigenvalue weighted by molar-refractivity contribution is 8.15. The summed E-state index contributed by atoms with van der Waals surface area (Å²) >= 11 is 13.6. The van der Waals surface area contributed by atoms with E-state index in [2.05, 4.69) is 24.8 Å². The van der Waals surface area contributed by atoms with Crippen LogP contribution in [0.1, 0.15) is 11.1 Å². The van der Waals surface area contributed by atoms with Gasteiger partial charge >= 0.3 is 6.36 Å². The summed E-state index contributed by atoms with van der Waals surface area (Å²) in [5.41, 5.74) is 7.99. The highest BCUT2D eigenvalue weighted by atomic mass is 35.5. The van der Waals surface area contributed by atoms with Gasteiger partial charge in [0.1, 0.15) is 23.6 Å². The van der Waals surface area contributed by atoms with Gasteiger partial charge < -0.3 is 10.5 Å². The van der Waals surface area contributed by atoms with Gasteiger partial charge in [0.25, 0.3) is 5.91 Å². The van der Waals surface area contributed by atoms with Crippen molar-refractivity contribution in [3.63, 3.8) is 0 Å².